The van der Waals surface area contributed by atoms with Gasteiger partial charge >= 0.3 is 0 Å². The minimum atomic E-state index is 0. The monoisotopic (exact) mass is 246 g/mol. The van der Waals surface area contributed by atoms with Gasteiger partial charge in [0.1, 0.15) is 0 Å². The van der Waals surface area contributed by atoms with Crippen LogP contribution in [0.4, 0.5) is 0 Å². The number of amides is 1. The van der Waals surface area contributed by atoms with Crippen LogP contribution in [0.5, 0.6) is 0 Å². The molecule has 2 N–H and O–H groups in total. The molecule has 1 saturated heterocycles. The first-order valence-corrected chi connectivity index (χ1v) is 6.34. The maximum absolute atomic E-state index is 11.6. The lowest BCUT2D eigenvalue weighted by atomic mass is 9.82. The molecule has 16 heavy (non-hydrogen) atoms. The summed E-state index contributed by atoms with van der Waals surface area (Å²) in [7, 11) is 0. The minimum absolute atomic E-state index is 0. The largest absolute Gasteiger partial charge is 0.352 e. The van der Waals surface area contributed by atoms with E-state index in [2.05, 4.69) is 10.6 Å². The van der Waals surface area contributed by atoms with Crippen molar-refractivity contribution in [1.29, 1.82) is 0 Å². The van der Waals surface area contributed by atoms with Gasteiger partial charge in [0.05, 0.1) is 0 Å². The van der Waals surface area contributed by atoms with Crippen molar-refractivity contribution in [3.8, 4) is 0 Å². The number of carbonyl (C=O) groups is 1. The van der Waals surface area contributed by atoms with Crippen LogP contribution in [-0.4, -0.2) is 25.0 Å². The molecule has 0 aromatic rings. The van der Waals surface area contributed by atoms with Gasteiger partial charge in [-0.05, 0) is 31.7 Å². The van der Waals surface area contributed by atoms with Crippen LogP contribution >= 0.6 is 12.4 Å². The van der Waals surface area contributed by atoms with Crippen molar-refractivity contribution in [2.24, 2.45) is 5.92 Å². The molecule has 1 heterocycles. The van der Waals surface area contributed by atoms with Crippen LogP contribution in [-0.2, 0) is 4.79 Å². The highest BCUT2D eigenvalue weighted by atomic mass is 35.5. The number of halogens is 1. The van der Waals surface area contributed by atoms with Crippen LogP contribution < -0.4 is 10.6 Å². The molecule has 1 atom stereocenters. The average Bonchev–Trinajstić information content (AvgIpc) is 2.17. The first-order valence-electron chi connectivity index (χ1n) is 6.34. The van der Waals surface area contributed by atoms with Gasteiger partial charge in [0.25, 0.3) is 0 Å². The van der Waals surface area contributed by atoms with E-state index in [0.717, 1.165) is 38.3 Å². The summed E-state index contributed by atoms with van der Waals surface area (Å²) >= 11 is 0. The van der Waals surface area contributed by atoms with E-state index in [1.165, 1.54) is 25.7 Å². The summed E-state index contributed by atoms with van der Waals surface area (Å²) in [4.78, 5) is 11.6. The lowest BCUT2D eigenvalue weighted by molar-refractivity contribution is -0.122. The SMILES string of the molecule is Cl.O=C(CCC1CCC1)N[C@@H]1CCCNC1. The summed E-state index contributed by atoms with van der Waals surface area (Å²) in [6.07, 6.45) is 8.23. The van der Waals surface area contributed by atoms with Crippen molar-refractivity contribution in [3.63, 3.8) is 0 Å². The molecule has 1 aliphatic carbocycles. The molecule has 3 nitrogen and oxygen atoms in total. The van der Waals surface area contributed by atoms with Gasteiger partial charge in [-0.2, -0.15) is 0 Å². The third-order valence-corrected chi connectivity index (χ3v) is 3.67. The van der Waals surface area contributed by atoms with Crippen LogP contribution in [0.15, 0.2) is 0 Å². The van der Waals surface area contributed by atoms with Gasteiger partial charge in [-0.15, -0.1) is 12.4 Å². The smallest absolute Gasteiger partial charge is 0.220 e. The zero-order valence-corrected chi connectivity index (χ0v) is 10.7. The van der Waals surface area contributed by atoms with Gasteiger partial charge in [0.2, 0.25) is 5.91 Å². The zero-order chi connectivity index (χ0) is 10.5. The van der Waals surface area contributed by atoms with Crippen molar-refractivity contribution >= 4 is 18.3 Å². The second-order valence-corrected chi connectivity index (χ2v) is 4.95. The van der Waals surface area contributed by atoms with E-state index in [4.69, 9.17) is 0 Å². The summed E-state index contributed by atoms with van der Waals surface area (Å²) in [5, 5.41) is 6.43. The van der Waals surface area contributed by atoms with E-state index in [1.807, 2.05) is 0 Å². The molecule has 4 heteroatoms. The molecular weight excluding hydrogens is 224 g/mol. The number of hydrogen-bond donors (Lipinski definition) is 2. The molecule has 2 aliphatic rings. The Hall–Kier alpha value is -0.280. The molecule has 1 saturated carbocycles. The fraction of sp³-hybridized carbons (Fsp3) is 0.917. The van der Waals surface area contributed by atoms with Gasteiger partial charge in [0, 0.05) is 19.0 Å². The molecule has 2 rings (SSSR count). The van der Waals surface area contributed by atoms with Gasteiger partial charge < -0.3 is 10.6 Å². The average molecular weight is 247 g/mol. The molecule has 0 aromatic heterocycles. The van der Waals surface area contributed by atoms with Crippen molar-refractivity contribution in [3.05, 3.63) is 0 Å². The highest BCUT2D eigenvalue weighted by Gasteiger charge is 2.19. The highest BCUT2D eigenvalue weighted by molar-refractivity contribution is 5.85. The van der Waals surface area contributed by atoms with E-state index < -0.39 is 0 Å². The molecule has 2 fully saturated rings. The molecule has 1 amide bonds. The van der Waals surface area contributed by atoms with Crippen molar-refractivity contribution in [2.75, 3.05) is 13.1 Å². The predicted octanol–water partition coefficient (Wildman–Crippen LogP) is 1.86. The van der Waals surface area contributed by atoms with E-state index in [-0.39, 0.29) is 18.3 Å². The Balaban J connectivity index is 0.00000128. The lowest BCUT2D eigenvalue weighted by Gasteiger charge is -2.26. The normalized spacial score (nSPS) is 25.4. The first kappa shape index (κ1) is 13.8. The van der Waals surface area contributed by atoms with Crippen LogP contribution in [0.2, 0.25) is 0 Å². The summed E-state index contributed by atoms with van der Waals surface area (Å²) in [5.74, 6) is 1.11. The maximum Gasteiger partial charge on any atom is 0.220 e. The fourth-order valence-corrected chi connectivity index (χ4v) is 2.39. The lowest BCUT2D eigenvalue weighted by Crippen LogP contribution is -2.45. The van der Waals surface area contributed by atoms with E-state index in [1.54, 1.807) is 0 Å². The molecule has 0 aromatic carbocycles. The Morgan fingerprint density at radius 3 is 2.62 bits per heavy atom. The van der Waals surface area contributed by atoms with Crippen LogP contribution in [0.25, 0.3) is 0 Å². The van der Waals surface area contributed by atoms with Crippen LogP contribution in [0.1, 0.15) is 44.9 Å². The van der Waals surface area contributed by atoms with Crippen molar-refractivity contribution in [2.45, 2.75) is 51.0 Å². The first-order chi connectivity index (χ1) is 7.34. The molecule has 0 spiro atoms. The van der Waals surface area contributed by atoms with Crippen LogP contribution in [0.3, 0.4) is 0 Å². The Labute approximate surface area is 104 Å². The quantitative estimate of drug-likeness (QED) is 0.795. The number of carbonyl (C=O) groups excluding carboxylic acids is 1. The number of nitrogens with one attached hydrogen (secondary N) is 2. The standard InChI is InChI=1S/C12H22N2O.ClH/c15-12(7-6-10-3-1-4-10)14-11-5-2-8-13-9-11;/h10-11,13H,1-9H2,(H,14,15);1H/t11-;/m1./s1. The minimum Gasteiger partial charge on any atom is -0.352 e. The van der Waals surface area contributed by atoms with Crippen LogP contribution in [0, 0.1) is 5.92 Å². The Kier molecular flexibility index (Phi) is 6.14. The maximum atomic E-state index is 11.6. The van der Waals surface area contributed by atoms with Gasteiger partial charge in [-0.25, -0.2) is 0 Å². The van der Waals surface area contributed by atoms with E-state index in [9.17, 15) is 4.79 Å². The summed E-state index contributed by atoms with van der Waals surface area (Å²) in [6.45, 7) is 2.06. The molecule has 1 aliphatic heterocycles. The third-order valence-electron chi connectivity index (χ3n) is 3.67. The van der Waals surface area contributed by atoms with E-state index >= 15 is 0 Å². The summed E-state index contributed by atoms with van der Waals surface area (Å²) in [6, 6.07) is 0.382. The second kappa shape index (κ2) is 7.13. The molecule has 0 unspecified atom stereocenters. The van der Waals surface area contributed by atoms with E-state index in [0.29, 0.717) is 6.04 Å². The summed E-state index contributed by atoms with van der Waals surface area (Å²) in [5.41, 5.74) is 0. The Morgan fingerprint density at radius 2 is 2.06 bits per heavy atom. The second-order valence-electron chi connectivity index (χ2n) is 4.95. The van der Waals surface area contributed by atoms with Crippen molar-refractivity contribution in [1.82, 2.24) is 10.6 Å². The molecular formula is C12H23ClN2O. The predicted molar refractivity (Wildman–Crippen MR) is 67.9 cm³/mol. The number of piperidine rings is 1. The molecule has 0 bridgehead atoms. The highest BCUT2D eigenvalue weighted by Crippen LogP contribution is 2.30. The van der Waals surface area contributed by atoms with Crippen molar-refractivity contribution < 1.29 is 4.79 Å². The van der Waals surface area contributed by atoms with Gasteiger partial charge in [0.15, 0.2) is 0 Å². The zero-order valence-electron chi connectivity index (χ0n) is 9.84. The Bertz CT molecular complexity index is 213. The Morgan fingerprint density at radius 1 is 1.25 bits per heavy atom. The molecule has 0 radical (unpaired) electrons. The third kappa shape index (κ3) is 4.30. The number of rotatable bonds is 4. The summed E-state index contributed by atoms with van der Waals surface area (Å²) < 4.78 is 0. The topological polar surface area (TPSA) is 41.1 Å². The fourth-order valence-electron chi connectivity index (χ4n) is 2.39. The number of hydrogen-bond acceptors (Lipinski definition) is 2. The molecule has 94 valence electrons. The van der Waals surface area contributed by atoms with Gasteiger partial charge in [-0.3, -0.25) is 4.79 Å². The van der Waals surface area contributed by atoms with Gasteiger partial charge in [-0.1, -0.05) is 19.3 Å².